The van der Waals surface area contributed by atoms with Crippen LogP contribution in [0.3, 0.4) is 0 Å². The van der Waals surface area contributed by atoms with Gasteiger partial charge in [-0.15, -0.1) is 0 Å². The molecule has 14 heavy (non-hydrogen) atoms. The third kappa shape index (κ3) is 1.79. The van der Waals surface area contributed by atoms with Crippen molar-refractivity contribution in [1.82, 2.24) is 0 Å². The van der Waals surface area contributed by atoms with Crippen molar-refractivity contribution in [3.8, 4) is 0 Å². The number of benzene rings is 1. The van der Waals surface area contributed by atoms with E-state index < -0.39 is 0 Å². The van der Waals surface area contributed by atoms with Gasteiger partial charge in [0.25, 0.3) is 0 Å². The Balaban J connectivity index is 2.32. The van der Waals surface area contributed by atoms with Crippen LogP contribution < -0.4 is 4.90 Å². The van der Waals surface area contributed by atoms with Crippen molar-refractivity contribution in [2.24, 2.45) is 0 Å². The van der Waals surface area contributed by atoms with Crippen molar-refractivity contribution in [1.29, 1.82) is 0 Å². The zero-order valence-electron chi connectivity index (χ0n) is 7.46. The summed E-state index contributed by atoms with van der Waals surface area (Å²) in [6.45, 7) is 0.802. The third-order valence-electron chi connectivity index (χ3n) is 2.29. The van der Waals surface area contributed by atoms with E-state index in [-0.39, 0.29) is 5.91 Å². The Morgan fingerprint density at radius 1 is 1.43 bits per heavy atom. The molecule has 2 rings (SSSR count). The van der Waals surface area contributed by atoms with Gasteiger partial charge >= 0.3 is 0 Å². The predicted octanol–water partition coefficient (Wildman–Crippen LogP) is 3.23. The molecule has 4 heteroatoms. The van der Waals surface area contributed by atoms with E-state index in [0.717, 1.165) is 23.1 Å². The monoisotopic (exact) mass is 273 g/mol. The molecule has 1 heterocycles. The topological polar surface area (TPSA) is 20.3 Å². The van der Waals surface area contributed by atoms with Crippen LogP contribution in [0.2, 0.25) is 5.02 Å². The lowest BCUT2D eigenvalue weighted by atomic mass is 10.3. The van der Waals surface area contributed by atoms with Crippen molar-refractivity contribution in [2.75, 3.05) is 11.4 Å². The van der Waals surface area contributed by atoms with Crippen LogP contribution in [-0.4, -0.2) is 12.5 Å². The normalized spacial score (nSPS) is 16.4. The van der Waals surface area contributed by atoms with E-state index in [0.29, 0.717) is 11.4 Å². The number of hydrogen-bond donors (Lipinski definition) is 0. The number of halogens is 2. The number of carbonyl (C=O) groups is 1. The summed E-state index contributed by atoms with van der Waals surface area (Å²) in [5, 5.41) is 0.641. The van der Waals surface area contributed by atoms with E-state index in [9.17, 15) is 4.79 Å². The summed E-state index contributed by atoms with van der Waals surface area (Å²) in [5.41, 5.74) is 0.890. The van der Waals surface area contributed by atoms with Gasteiger partial charge in [0.1, 0.15) is 0 Å². The van der Waals surface area contributed by atoms with Gasteiger partial charge < -0.3 is 4.90 Å². The van der Waals surface area contributed by atoms with Gasteiger partial charge in [-0.25, -0.2) is 0 Å². The number of carbonyl (C=O) groups excluding carboxylic acids is 1. The molecule has 0 N–H and O–H groups in total. The van der Waals surface area contributed by atoms with Crippen molar-refractivity contribution in [3.63, 3.8) is 0 Å². The van der Waals surface area contributed by atoms with E-state index in [1.807, 2.05) is 18.2 Å². The summed E-state index contributed by atoms with van der Waals surface area (Å²) >= 11 is 9.27. The lowest BCUT2D eigenvalue weighted by Gasteiger charge is -2.15. The second-order valence-corrected chi connectivity index (χ2v) is 4.51. The largest absolute Gasteiger partial charge is 0.312 e. The molecule has 1 aliphatic rings. The smallest absolute Gasteiger partial charge is 0.227 e. The molecule has 0 atom stereocenters. The molecular formula is C10H9BrClNO. The Morgan fingerprint density at radius 2 is 2.21 bits per heavy atom. The van der Waals surface area contributed by atoms with Gasteiger partial charge in [0, 0.05) is 23.1 Å². The number of amides is 1. The molecule has 1 saturated heterocycles. The number of hydrogen-bond acceptors (Lipinski definition) is 1. The molecule has 0 radical (unpaired) electrons. The summed E-state index contributed by atoms with van der Waals surface area (Å²) in [5.74, 6) is 0.184. The first-order valence-electron chi connectivity index (χ1n) is 4.44. The van der Waals surface area contributed by atoms with Crippen LogP contribution in [0.4, 0.5) is 5.69 Å². The minimum atomic E-state index is 0.184. The van der Waals surface area contributed by atoms with Gasteiger partial charge in [-0.3, -0.25) is 4.79 Å². The molecule has 1 aliphatic heterocycles. The average Bonchev–Trinajstić information content (AvgIpc) is 2.57. The van der Waals surface area contributed by atoms with Crippen LogP contribution in [0.1, 0.15) is 12.8 Å². The molecule has 2 nitrogen and oxygen atoms in total. The molecule has 0 aliphatic carbocycles. The Morgan fingerprint density at radius 3 is 2.79 bits per heavy atom. The zero-order chi connectivity index (χ0) is 10.1. The Bertz CT molecular complexity index is 380. The fraction of sp³-hybridized carbons (Fsp3) is 0.300. The van der Waals surface area contributed by atoms with Crippen molar-refractivity contribution in [2.45, 2.75) is 12.8 Å². The van der Waals surface area contributed by atoms with Crippen LogP contribution in [0.25, 0.3) is 0 Å². The second kappa shape index (κ2) is 3.91. The average molecular weight is 275 g/mol. The maximum Gasteiger partial charge on any atom is 0.227 e. The highest BCUT2D eigenvalue weighted by atomic mass is 79.9. The maximum absolute atomic E-state index is 11.4. The highest BCUT2D eigenvalue weighted by Crippen LogP contribution is 2.29. The van der Waals surface area contributed by atoms with Gasteiger partial charge in [0.15, 0.2) is 0 Å². The highest BCUT2D eigenvalue weighted by Gasteiger charge is 2.21. The minimum Gasteiger partial charge on any atom is -0.312 e. The summed E-state index contributed by atoms with van der Waals surface area (Å²) in [7, 11) is 0. The molecule has 0 spiro atoms. The van der Waals surface area contributed by atoms with Crippen LogP contribution in [0.5, 0.6) is 0 Å². The molecule has 1 aromatic rings. The Kier molecular flexibility index (Phi) is 2.79. The summed E-state index contributed by atoms with van der Waals surface area (Å²) in [6.07, 6.45) is 1.58. The molecule has 74 valence electrons. The summed E-state index contributed by atoms with van der Waals surface area (Å²) in [4.78, 5) is 13.2. The van der Waals surface area contributed by atoms with E-state index in [1.54, 1.807) is 4.90 Å². The predicted molar refractivity (Wildman–Crippen MR) is 60.7 cm³/mol. The van der Waals surface area contributed by atoms with Gasteiger partial charge in [-0.05, 0) is 40.5 Å². The van der Waals surface area contributed by atoms with Gasteiger partial charge in [0.05, 0.1) is 5.02 Å². The van der Waals surface area contributed by atoms with Crippen LogP contribution in [0.15, 0.2) is 22.7 Å². The van der Waals surface area contributed by atoms with Gasteiger partial charge in [-0.1, -0.05) is 11.6 Å². The first kappa shape index (κ1) is 9.99. The van der Waals surface area contributed by atoms with Crippen molar-refractivity contribution in [3.05, 3.63) is 27.7 Å². The zero-order valence-corrected chi connectivity index (χ0v) is 9.81. The highest BCUT2D eigenvalue weighted by molar-refractivity contribution is 9.10. The second-order valence-electron chi connectivity index (χ2n) is 3.25. The molecule has 1 aromatic carbocycles. The Labute approximate surface area is 96.0 Å². The minimum absolute atomic E-state index is 0.184. The van der Waals surface area contributed by atoms with E-state index in [1.165, 1.54) is 0 Å². The lowest BCUT2D eigenvalue weighted by molar-refractivity contribution is -0.117. The fourth-order valence-corrected chi connectivity index (χ4v) is 2.00. The quantitative estimate of drug-likeness (QED) is 0.770. The first-order chi connectivity index (χ1) is 6.68. The maximum atomic E-state index is 11.4. The van der Waals surface area contributed by atoms with Crippen LogP contribution >= 0.6 is 27.5 Å². The van der Waals surface area contributed by atoms with Crippen molar-refractivity contribution < 1.29 is 4.79 Å². The van der Waals surface area contributed by atoms with E-state index in [2.05, 4.69) is 15.9 Å². The van der Waals surface area contributed by atoms with Crippen LogP contribution in [-0.2, 0) is 4.79 Å². The lowest BCUT2D eigenvalue weighted by Crippen LogP contribution is -2.23. The molecule has 0 aromatic heterocycles. The van der Waals surface area contributed by atoms with E-state index >= 15 is 0 Å². The molecule has 1 fully saturated rings. The molecule has 0 bridgehead atoms. The molecule has 1 amide bonds. The first-order valence-corrected chi connectivity index (χ1v) is 5.61. The van der Waals surface area contributed by atoms with Gasteiger partial charge in [0.2, 0.25) is 5.91 Å². The molecule has 0 unspecified atom stereocenters. The number of anilines is 1. The van der Waals surface area contributed by atoms with Crippen LogP contribution in [0, 0.1) is 0 Å². The summed E-state index contributed by atoms with van der Waals surface area (Å²) in [6, 6.07) is 5.58. The molecular weight excluding hydrogens is 265 g/mol. The summed E-state index contributed by atoms with van der Waals surface area (Å²) < 4.78 is 0.856. The van der Waals surface area contributed by atoms with Crippen molar-refractivity contribution >= 4 is 39.1 Å². The third-order valence-corrected chi connectivity index (χ3v) is 3.52. The molecule has 0 saturated carbocycles. The Hall–Kier alpha value is -0.540. The number of rotatable bonds is 1. The van der Waals surface area contributed by atoms with E-state index in [4.69, 9.17) is 11.6 Å². The SMILES string of the molecule is O=C1CCCN1c1ccc(Br)c(Cl)c1. The fourth-order valence-electron chi connectivity index (χ4n) is 1.57. The standard InChI is InChI=1S/C10H9BrClNO/c11-8-4-3-7(6-9(8)12)13-5-1-2-10(13)14/h3-4,6H,1-2,5H2. The number of nitrogens with zero attached hydrogens (tertiary/aromatic N) is 1. The van der Waals surface area contributed by atoms with Gasteiger partial charge in [-0.2, -0.15) is 0 Å².